The van der Waals surface area contributed by atoms with E-state index in [0.717, 1.165) is 19.5 Å². The molecule has 2 N–H and O–H groups in total. The van der Waals surface area contributed by atoms with Crippen molar-refractivity contribution in [1.29, 1.82) is 0 Å². The number of hydrogen-bond acceptors (Lipinski definition) is 3. The molecule has 3 nitrogen and oxygen atoms in total. The van der Waals surface area contributed by atoms with Gasteiger partial charge < -0.3 is 10.5 Å². The van der Waals surface area contributed by atoms with E-state index in [2.05, 4.69) is 4.90 Å². The van der Waals surface area contributed by atoms with Crippen molar-refractivity contribution in [3.63, 3.8) is 0 Å². The second kappa shape index (κ2) is 6.55. The van der Waals surface area contributed by atoms with Crippen LogP contribution < -0.4 is 10.5 Å². The Morgan fingerprint density at radius 1 is 1.53 bits per heavy atom. The molecule has 2 rings (SSSR count). The summed E-state index contributed by atoms with van der Waals surface area (Å²) in [6, 6.07) is 3.49. The van der Waals surface area contributed by atoms with Crippen LogP contribution >= 0.6 is 11.6 Å². The molecule has 106 valence electrons. The van der Waals surface area contributed by atoms with Crippen LogP contribution in [0.25, 0.3) is 0 Å². The van der Waals surface area contributed by atoms with E-state index in [0.29, 0.717) is 36.9 Å². The molecular formula is C14H20ClFN2O. The highest BCUT2D eigenvalue weighted by atomic mass is 35.5. The maximum Gasteiger partial charge on any atom is 0.150 e. The zero-order valence-corrected chi connectivity index (χ0v) is 11.9. The lowest BCUT2D eigenvalue weighted by Gasteiger charge is -2.17. The van der Waals surface area contributed by atoms with Crippen molar-refractivity contribution in [2.75, 3.05) is 26.2 Å². The van der Waals surface area contributed by atoms with E-state index in [1.165, 1.54) is 0 Å². The summed E-state index contributed by atoms with van der Waals surface area (Å²) in [7, 11) is 0. The number of hydrogen-bond donors (Lipinski definition) is 1. The van der Waals surface area contributed by atoms with Crippen molar-refractivity contribution in [3.8, 4) is 5.75 Å². The molecule has 0 saturated carbocycles. The molecule has 1 aromatic carbocycles. The van der Waals surface area contributed by atoms with E-state index in [9.17, 15) is 4.39 Å². The normalized spacial score (nSPS) is 19.9. The Kier molecular flexibility index (Phi) is 5.02. The van der Waals surface area contributed by atoms with Gasteiger partial charge in [0.05, 0.1) is 6.61 Å². The number of nitrogens with zero attached hydrogens (tertiary/aromatic N) is 1. The summed E-state index contributed by atoms with van der Waals surface area (Å²) in [5.74, 6) is 0.566. The molecule has 1 aliphatic rings. The molecule has 0 bridgehead atoms. The molecular weight excluding hydrogens is 267 g/mol. The minimum absolute atomic E-state index is 0.0777. The van der Waals surface area contributed by atoms with Crippen LogP contribution in [0.15, 0.2) is 12.1 Å². The largest absolute Gasteiger partial charge is 0.492 e. The van der Waals surface area contributed by atoms with E-state index >= 15 is 0 Å². The zero-order chi connectivity index (χ0) is 13.8. The molecule has 0 spiro atoms. The summed E-state index contributed by atoms with van der Waals surface area (Å²) in [6.45, 7) is 5.49. The average Bonchev–Trinajstić information content (AvgIpc) is 2.86. The molecule has 1 fully saturated rings. The summed E-state index contributed by atoms with van der Waals surface area (Å²) < 4.78 is 19.4. The van der Waals surface area contributed by atoms with Crippen LogP contribution in [0.2, 0.25) is 5.02 Å². The highest BCUT2D eigenvalue weighted by Crippen LogP contribution is 2.30. The predicted molar refractivity (Wildman–Crippen MR) is 75.0 cm³/mol. The summed E-state index contributed by atoms with van der Waals surface area (Å²) in [5.41, 5.74) is 6.28. The number of rotatable bonds is 5. The SMILES string of the molecule is CCOc1ccc(CN2CC[C@@H](CN)C2)c(F)c1Cl. The maximum atomic E-state index is 14.2. The summed E-state index contributed by atoms with van der Waals surface area (Å²) in [6.07, 6.45) is 1.09. The van der Waals surface area contributed by atoms with Crippen molar-refractivity contribution < 1.29 is 9.13 Å². The van der Waals surface area contributed by atoms with E-state index in [1.54, 1.807) is 12.1 Å². The summed E-state index contributed by atoms with van der Waals surface area (Å²) >= 11 is 5.98. The molecule has 19 heavy (non-hydrogen) atoms. The lowest BCUT2D eigenvalue weighted by atomic mass is 10.1. The Morgan fingerprint density at radius 3 is 2.95 bits per heavy atom. The van der Waals surface area contributed by atoms with Gasteiger partial charge in [0.15, 0.2) is 0 Å². The number of halogens is 2. The zero-order valence-electron chi connectivity index (χ0n) is 11.2. The first-order valence-electron chi connectivity index (χ1n) is 6.67. The van der Waals surface area contributed by atoms with Gasteiger partial charge in [-0.15, -0.1) is 0 Å². The standard InChI is InChI=1S/C14H20ClFN2O/c1-2-19-12-4-3-11(14(16)13(12)15)9-18-6-5-10(7-17)8-18/h3-4,10H,2,5-9,17H2,1H3/t10-/m0/s1. The Labute approximate surface area is 118 Å². The van der Waals surface area contributed by atoms with Crippen molar-refractivity contribution in [2.45, 2.75) is 19.9 Å². The second-order valence-electron chi connectivity index (χ2n) is 4.91. The van der Waals surface area contributed by atoms with E-state index in [1.807, 2.05) is 6.92 Å². The molecule has 0 aliphatic carbocycles. The minimum Gasteiger partial charge on any atom is -0.492 e. The molecule has 1 atom stereocenters. The van der Waals surface area contributed by atoms with Crippen molar-refractivity contribution in [2.24, 2.45) is 11.7 Å². The third kappa shape index (κ3) is 3.38. The molecule has 0 amide bonds. The van der Waals surface area contributed by atoms with Gasteiger partial charge in [0.25, 0.3) is 0 Å². The highest BCUT2D eigenvalue weighted by Gasteiger charge is 2.23. The lowest BCUT2D eigenvalue weighted by molar-refractivity contribution is 0.310. The fraction of sp³-hybridized carbons (Fsp3) is 0.571. The second-order valence-corrected chi connectivity index (χ2v) is 5.29. The minimum atomic E-state index is -0.371. The Morgan fingerprint density at radius 2 is 2.32 bits per heavy atom. The fourth-order valence-corrected chi connectivity index (χ4v) is 2.69. The van der Waals surface area contributed by atoms with Gasteiger partial charge in [-0.25, -0.2) is 4.39 Å². The van der Waals surface area contributed by atoms with Crippen molar-refractivity contribution in [1.82, 2.24) is 4.90 Å². The first-order valence-corrected chi connectivity index (χ1v) is 7.05. The molecule has 1 heterocycles. The molecule has 1 aromatic rings. The smallest absolute Gasteiger partial charge is 0.150 e. The van der Waals surface area contributed by atoms with E-state index < -0.39 is 0 Å². The number of nitrogens with two attached hydrogens (primary N) is 1. The number of likely N-dealkylation sites (tertiary alicyclic amines) is 1. The van der Waals surface area contributed by atoms with Gasteiger partial charge in [-0.3, -0.25) is 4.90 Å². The van der Waals surface area contributed by atoms with Gasteiger partial charge in [-0.1, -0.05) is 17.7 Å². The van der Waals surface area contributed by atoms with Crippen molar-refractivity contribution in [3.05, 3.63) is 28.5 Å². The topological polar surface area (TPSA) is 38.5 Å². The Bertz CT molecular complexity index is 442. The monoisotopic (exact) mass is 286 g/mol. The van der Waals surface area contributed by atoms with Crippen LogP contribution in [0, 0.1) is 11.7 Å². The first-order chi connectivity index (χ1) is 9.15. The van der Waals surface area contributed by atoms with Crippen LogP contribution in [0.1, 0.15) is 18.9 Å². The quantitative estimate of drug-likeness (QED) is 0.904. The van der Waals surface area contributed by atoms with Gasteiger partial charge in [-0.2, -0.15) is 0 Å². The van der Waals surface area contributed by atoms with Gasteiger partial charge in [0.2, 0.25) is 0 Å². The summed E-state index contributed by atoms with van der Waals surface area (Å²) in [5, 5.41) is 0.0777. The lowest BCUT2D eigenvalue weighted by Crippen LogP contribution is -2.23. The van der Waals surface area contributed by atoms with Gasteiger partial charge >= 0.3 is 0 Å². The molecule has 5 heteroatoms. The Balaban J connectivity index is 2.07. The van der Waals surface area contributed by atoms with Gasteiger partial charge in [-0.05, 0) is 38.4 Å². The third-order valence-electron chi connectivity index (χ3n) is 3.52. The van der Waals surface area contributed by atoms with Crippen LogP contribution in [0.5, 0.6) is 5.75 Å². The van der Waals surface area contributed by atoms with E-state index in [-0.39, 0.29) is 10.8 Å². The number of ether oxygens (including phenoxy) is 1. The highest BCUT2D eigenvalue weighted by molar-refractivity contribution is 6.32. The molecule has 1 saturated heterocycles. The van der Waals surface area contributed by atoms with Crippen LogP contribution in [-0.2, 0) is 6.54 Å². The van der Waals surface area contributed by atoms with Crippen LogP contribution in [0.3, 0.4) is 0 Å². The predicted octanol–water partition coefficient (Wildman–Crippen LogP) is 2.66. The molecule has 0 aromatic heterocycles. The average molecular weight is 287 g/mol. The molecule has 0 unspecified atom stereocenters. The number of benzene rings is 1. The molecule has 0 radical (unpaired) electrons. The maximum absolute atomic E-state index is 14.2. The Hall–Kier alpha value is -0.840. The molecule has 1 aliphatic heterocycles. The van der Waals surface area contributed by atoms with Crippen LogP contribution in [0.4, 0.5) is 4.39 Å². The van der Waals surface area contributed by atoms with E-state index in [4.69, 9.17) is 22.1 Å². The fourth-order valence-electron chi connectivity index (χ4n) is 2.45. The third-order valence-corrected chi connectivity index (χ3v) is 3.88. The van der Waals surface area contributed by atoms with Gasteiger partial charge in [0, 0.05) is 18.7 Å². The van der Waals surface area contributed by atoms with Gasteiger partial charge in [0.1, 0.15) is 16.6 Å². The first kappa shape index (κ1) is 14.6. The summed E-state index contributed by atoms with van der Waals surface area (Å²) in [4.78, 5) is 2.21. The van der Waals surface area contributed by atoms with Crippen molar-refractivity contribution >= 4 is 11.6 Å². The van der Waals surface area contributed by atoms with Crippen LogP contribution in [-0.4, -0.2) is 31.1 Å².